The maximum absolute atomic E-state index is 14.0. The molecule has 0 spiro atoms. The maximum Gasteiger partial charge on any atom is 0.229 e. The highest BCUT2D eigenvalue weighted by Crippen LogP contribution is 2.36. The smallest absolute Gasteiger partial charge is 0.229 e. The van der Waals surface area contributed by atoms with E-state index >= 15 is 0 Å². The molecule has 0 saturated carbocycles. The van der Waals surface area contributed by atoms with Gasteiger partial charge in [-0.3, -0.25) is 0 Å². The minimum atomic E-state index is -0.348. The first-order valence-corrected chi connectivity index (χ1v) is 12.5. The zero-order valence-electron chi connectivity index (χ0n) is 22.0. The summed E-state index contributed by atoms with van der Waals surface area (Å²) in [6.45, 7) is 0.921. The van der Waals surface area contributed by atoms with Crippen molar-refractivity contribution in [3.05, 3.63) is 83.3 Å². The summed E-state index contributed by atoms with van der Waals surface area (Å²) in [5.41, 5.74) is 9.92. The average molecular weight is 542 g/mol. The molecule has 204 valence electrons. The summed E-state index contributed by atoms with van der Waals surface area (Å²) < 4.78 is 30.4. The Labute approximate surface area is 230 Å². The van der Waals surface area contributed by atoms with Gasteiger partial charge in [-0.05, 0) is 48.5 Å². The van der Waals surface area contributed by atoms with Crippen LogP contribution < -0.4 is 35.9 Å². The fourth-order valence-corrected chi connectivity index (χ4v) is 4.43. The molecule has 11 heteroatoms. The number of nitrogens with one attached hydrogen (secondary N) is 3. The Balaban J connectivity index is 1.38. The molecule has 0 radical (unpaired) electrons. The number of nitrogen functional groups attached to an aromatic ring is 1. The minimum Gasteiger partial charge on any atom is -0.497 e. The van der Waals surface area contributed by atoms with Crippen LogP contribution in [0.1, 0.15) is 29.2 Å². The molecule has 0 saturated heterocycles. The van der Waals surface area contributed by atoms with Crippen molar-refractivity contribution in [2.75, 3.05) is 42.5 Å². The molecule has 10 nitrogen and oxygen atoms in total. The molecule has 3 aromatic carbocycles. The lowest BCUT2D eigenvalue weighted by atomic mass is 10.0. The number of anilines is 5. The van der Waals surface area contributed by atoms with Crippen LogP contribution in [0.4, 0.5) is 33.2 Å². The molecule has 0 bridgehead atoms. The normalized spacial score (nSPS) is 13.8. The molecule has 1 aliphatic rings. The van der Waals surface area contributed by atoms with E-state index in [2.05, 4.69) is 32.0 Å². The van der Waals surface area contributed by atoms with Crippen LogP contribution in [0.15, 0.2) is 60.8 Å². The van der Waals surface area contributed by atoms with E-state index < -0.39 is 0 Å². The van der Waals surface area contributed by atoms with Gasteiger partial charge in [-0.2, -0.15) is 10.2 Å². The second-order valence-electron chi connectivity index (χ2n) is 9.04. The lowest BCUT2D eigenvalue weighted by Crippen LogP contribution is -2.22. The Morgan fingerprint density at radius 2 is 1.98 bits per heavy atom. The van der Waals surface area contributed by atoms with Crippen LogP contribution in [-0.4, -0.2) is 30.8 Å². The highest BCUT2D eigenvalue weighted by atomic mass is 19.1. The van der Waals surface area contributed by atoms with Gasteiger partial charge < -0.3 is 35.9 Å². The first-order chi connectivity index (χ1) is 19.5. The summed E-state index contributed by atoms with van der Waals surface area (Å²) in [4.78, 5) is 8.91. The van der Waals surface area contributed by atoms with Crippen LogP contribution in [-0.2, 0) is 6.54 Å². The molecule has 4 aromatic rings. The summed E-state index contributed by atoms with van der Waals surface area (Å²) in [6, 6.07) is 17.2. The molecule has 5 N–H and O–H groups in total. The van der Waals surface area contributed by atoms with E-state index in [4.69, 9.17) is 19.9 Å². The van der Waals surface area contributed by atoms with E-state index in [0.717, 1.165) is 11.3 Å². The molecule has 40 heavy (non-hydrogen) atoms. The standard InChI is InChI=1S/C29H28FN7O3/c1-38-20-6-4-18(27(13-20)39-2)15-33-24-7-3-17(14-31)11-25(24)36-29-34-16-22(32)28(37-29)35-23-9-10-40-26-8-5-19(30)12-21(23)26/h3-8,11-13,16,23,33H,9-10,15,32H2,1-2H3,(H2,34,35,36,37). The second kappa shape index (κ2) is 11.7. The quantitative estimate of drug-likeness (QED) is 0.218. The van der Waals surface area contributed by atoms with E-state index in [9.17, 15) is 9.65 Å². The number of aromatic nitrogens is 2. The Bertz CT molecular complexity index is 1570. The van der Waals surface area contributed by atoms with Crippen molar-refractivity contribution in [2.45, 2.75) is 19.0 Å². The Kier molecular flexibility index (Phi) is 7.68. The maximum atomic E-state index is 14.0. The third-order valence-corrected chi connectivity index (χ3v) is 6.50. The first-order valence-electron chi connectivity index (χ1n) is 12.5. The Hall–Kier alpha value is -5.24. The van der Waals surface area contributed by atoms with Gasteiger partial charge in [0.1, 0.15) is 23.1 Å². The number of hydrogen-bond acceptors (Lipinski definition) is 10. The number of ether oxygens (including phenoxy) is 3. The van der Waals surface area contributed by atoms with Crippen molar-refractivity contribution in [1.82, 2.24) is 9.97 Å². The fourth-order valence-electron chi connectivity index (χ4n) is 4.43. The zero-order valence-corrected chi connectivity index (χ0v) is 22.0. The van der Waals surface area contributed by atoms with E-state index in [1.165, 1.54) is 18.3 Å². The van der Waals surface area contributed by atoms with Crippen LogP contribution in [0, 0.1) is 17.1 Å². The first kappa shape index (κ1) is 26.4. The van der Waals surface area contributed by atoms with Crippen molar-refractivity contribution in [1.29, 1.82) is 5.26 Å². The lowest BCUT2D eigenvalue weighted by Gasteiger charge is -2.27. The largest absolute Gasteiger partial charge is 0.497 e. The van der Waals surface area contributed by atoms with Gasteiger partial charge in [0, 0.05) is 30.2 Å². The minimum absolute atomic E-state index is 0.247. The van der Waals surface area contributed by atoms with Gasteiger partial charge in [0.2, 0.25) is 5.95 Å². The third-order valence-electron chi connectivity index (χ3n) is 6.50. The van der Waals surface area contributed by atoms with Gasteiger partial charge in [-0.15, -0.1) is 0 Å². The number of rotatable bonds is 9. The highest BCUT2D eigenvalue weighted by molar-refractivity contribution is 5.75. The molecule has 5 rings (SSSR count). The monoisotopic (exact) mass is 541 g/mol. The van der Waals surface area contributed by atoms with E-state index in [1.54, 1.807) is 38.5 Å². The molecular formula is C29H28FN7O3. The molecule has 1 unspecified atom stereocenters. The predicted molar refractivity (Wildman–Crippen MR) is 151 cm³/mol. The third kappa shape index (κ3) is 5.76. The summed E-state index contributed by atoms with van der Waals surface area (Å²) in [5, 5.41) is 19.4. The van der Waals surface area contributed by atoms with Crippen molar-refractivity contribution in [3.63, 3.8) is 0 Å². The van der Waals surface area contributed by atoms with Crippen LogP contribution in [0.2, 0.25) is 0 Å². The fraction of sp³-hybridized carbons (Fsp3) is 0.207. The SMILES string of the molecule is COc1ccc(CNc2ccc(C#N)cc2Nc2ncc(N)c(NC3CCOc4ccc(F)cc43)n2)c(OC)c1. The van der Waals surface area contributed by atoms with Crippen LogP contribution in [0.3, 0.4) is 0 Å². The zero-order chi connectivity index (χ0) is 28.1. The van der Waals surface area contributed by atoms with Crippen LogP contribution in [0.5, 0.6) is 17.2 Å². The molecule has 0 fully saturated rings. The van der Waals surface area contributed by atoms with E-state index in [0.29, 0.717) is 65.1 Å². The van der Waals surface area contributed by atoms with Gasteiger partial charge in [0.05, 0.1) is 61.8 Å². The predicted octanol–water partition coefficient (Wildman–Crippen LogP) is 5.38. The number of fused-ring (bicyclic) bond motifs is 1. The van der Waals surface area contributed by atoms with Gasteiger partial charge in [0.15, 0.2) is 5.82 Å². The topological polar surface area (TPSA) is 139 Å². The number of halogens is 1. The molecular weight excluding hydrogens is 513 g/mol. The van der Waals surface area contributed by atoms with Gasteiger partial charge in [-0.25, -0.2) is 9.37 Å². The molecule has 1 atom stereocenters. The lowest BCUT2D eigenvalue weighted by molar-refractivity contribution is 0.273. The summed E-state index contributed by atoms with van der Waals surface area (Å²) in [6.07, 6.45) is 2.10. The average Bonchev–Trinajstić information content (AvgIpc) is 2.98. The number of nitriles is 1. The van der Waals surface area contributed by atoms with E-state index in [-0.39, 0.29) is 17.8 Å². The van der Waals surface area contributed by atoms with Crippen LogP contribution >= 0.6 is 0 Å². The molecule has 1 aliphatic heterocycles. The number of nitrogens with two attached hydrogens (primary N) is 1. The summed E-state index contributed by atoms with van der Waals surface area (Å²) >= 11 is 0. The van der Waals surface area contributed by atoms with Crippen molar-refractivity contribution in [2.24, 2.45) is 0 Å². The molecule has 1 aromatic heterocycles. The number of methoxy groups -OCH3 is 2. The van der Waals surface area contributed by atoms with Crippen molar-refractivity contribution >= 4 is 28.8 Å². The van der Waals surface area contributed by atoms with Gasteiger partial charge in [0.25, 0.3) is 0 Å². The number of benzene rings is 3. The number of nitrogens with zero attached hydrogens (tertiary/aromatic N) is 3. The summed E-state index contributed by atoms with van der Waals surface area (Å²) in [5.74, 6) is 2.31. The van der Waals surface area contributed by atoms with E-state index in [1.807, 2.05) is 18.2 Å². The Morgan fingerprint density at radius 3 is 2.77 bits per heavy atom. The second-order valence-corrected chi connectivity index (χ2v) is 9.04. The molecule has 0 amide bonds. The summed E-state index contributed by atoms with van der Waals surface area (Å²) in [7, 11) is 3.20. The van der Waals surface area contributed by atoms with Crippen molar-refractivity contribution in [3.8, 4) is 23.3 Å². The van der Waals surface area contributed by atoms with Gasteiger partial charge in [-0.1, -0.05) is 0 Å². The molecule has 0 aliphatic carbocycles. The Morgan fingerprint density at radius 1 is 1.10 bits per heavy atom. The van der Waals surface area contributed by atoms with Crippen molar-refractivity contribution < 1.29 is 18.6 Å². The van der Waals surface area contributed by atoms with Gasteiger partial charge >= 0.3 is 0 Å². The van der Waals surface area contributed by atoms with Crippen LogP contribution in [0.25, 0.3) is 0 Å². The highest BCUT2D eigenvalue weighted by Gasteiger charge is 2.23. The number of hydrogen-bond donors (Lipinski definition) is 4. The molecule has 2 heterocycles.